The number of Topliss-reactive ketones (excluding diaryl/α,β-unsaturated/α-hetero) is 1. The molecule has 1 amide bonds. The van der Waals surface area contributed by atoms with Gasteiger partial charge in [0.25, 0.3) is 5.91 Å². The number of benzene rings is 1. The summed E-state index contributed by atoms with van der Waals surface area (Å²) in [4.78, 5) is 35.8. The fraction of sp³-hybridized carbons (Fsp3) is 0.438. The van der Waals surface area contributed by atoms with Crippen LogP contribution < -0.4 is 4.74 Å². The van der Waals surface area contributed by atoms with Gasteiger partial charge in [-0.2, -0.15) is 0 Å². The molecule has 1 aromatic carbocycles. The van der Waals surface area contributed by atoms with Crippen LogP contribution in [0.5, 0.6) is 5.75 Å². The molecule has 1 aromatic rings. The molecule has 1 aliphatic heterocycles. The lowest BCUT2D eigenvalue weighted by Crippen LogP contribution is -2.39. The highest BCUT2D eigenvalue weighted by Gasteiger charge is 2.30. The van der Waals surface area contributed by atoms with Crippen LogP contribution in [0.2, 0.25) is 0 Å². The molecule has 0 radical (unpaired) electrons. The van der Waals surface area contributed by atoms with Crippen LogP contribution in [-0.2, 0) is 9.59 Å². The van der Waals surface area contributed by atoms with Crippen LogP contribution >= 0.6 is 0 Å². The molecule has 1 N–H and O–H groups in total. The Balaban J connectivity index is 1.93. The highest BCUT2D eigenvalue weighted by molar-refractivity contribution is 5.94. The molecule has 6 heteroatoms. The van der Waals surface area contributed by atoms with Gasteiger partial charge in [0, 0.05) is 18.2 Å². The van der Waals surface area contributed by atoms with Gasteiger partial charge in [0.2, 0.25) is 0 Å². The van der Waals surface area contributed by atoms with E-state index in [1.165, 1.54) is 6.92 Å². The topological polar surface area (TPSA) is 83.9 Å². The van der Waals surface area contributed by atoms with Crippen LogP contribution in [0, 0.1) is 0 Å². The fourth-order valence-corrected chi connectivity index (χ4v) is 2.61. The molecular formula is C16H19NO5. The van der Waals surface area contributed by atoms with Crippen molar-refractivity contribution in [2.45, 2.75) is 32.2 Å². The molecule has 0 saturated carbocycles. The van der Waals surface area contributed by atoms with E-state index in [1.807, 2.05) is 0 Å². The molecule has 1 saturated heterocycles. The van der Waals surface area contributed by atoms with Crippen LogP contribution in [0.4, 0.5) is 0 Å². The predicted octanol–water partition coefficient (Wildman–Crippen LogP) is 1.73. The third-order valence-electron chi connectivity index (χ3n) is 3.71. The highest BCUT2D eigenvalue weighted by atomic mass is 16.5. The quantitative estimate of drug-likeness (QED) is 0.809. The molecule has 2 rings (SSSR count). The highest BCUT2D eigenvalue weighted by Crippen LogP contribution is 2.21. The van der Waals surface area contributed by atoms with Gasteiger partial charge in [0.15, 0.2) is 12.4 Å². The SMILES string of the molecule is CC(=O)c1cccc(OCC(=O)N2CCCC2CC(=O)O)c1. The summed E-state index contributed by atoms with van der Waals surface area (Å²) in [5.74, 6) is -0.746. The van der Waals surface area contributed by atoms with Crippen LogP contribution in [0.3, 0.4) is 0 Å². The van der Waals surface area contributed by atoms with Gasteiger partial charge >= 0.3 is 5.97 Å². The van der Waals surface area contributed by atoms with Crippen LogP contribution in [0.15, 0.2) is 24.3 Å². The predicted molar refractivity (Wildman–Crippen MR) is 78.9 cm³/mol. The zero-order valence-electron chi connectivity index (χ0n) is 12.4. The lowest BCUT2D eigenvalue weighted by atomic mass is 10.1. The average Bonchev–Trinajstić information content (AvgIpc) is 2.92. The zero-order chi connectivity index (χ0) is 16.1. The fourth-order valence-electron chi connectivity index (χ4n) is 2.61. The molecule has 1 aliphatic rings. The molecule has 1 heterocycles. The number of ether oxygens (including phenoxy) is 1. The van der Waals surface area contributed by atoms with Gasteiger partial charge in [-0.25, -0.2) is 0 Å². The number of aliphatic carboxylic acids is 1. The smallest absolute Gasteiger partial charge is 0.305 e. The molecule has 0 spiro atoms. The molecule has 118 valence electrons. The number of ketones is 1. The number of likely N-dealkylation sites (tertiary alicyclic amines) is 1. The summed E-state index contributed by atoms with van der Waals surface area (Å²) in [5.41, 5.74) is 0.523. The molecule has 1 atom stereocenters. The van der Waals surface area contributed by atoms with Gasteiger partial charge in [-0.3, -0.25) is 14.4 Å². The minimum absolute atomic E-state index is 0.0361. The lowest BCUT2D eigenvalue weighted by molar-refractivity contribution is -0.140. The lowest BCUT2D eigenvalue weighted by Gasteiger charge is -2.23. The Morgan fingerprint density at radius 1 is 1.36 bits per heavy atom. The van der Waals surface area contributed by atoms with Crippen LogP contribution in [0.25, 0.3) is 0 Å². The van der Waals surface area contributed by atoms with E-state index in [-0.39, 0.29) is 30.8 Å². The Bertz CT molecular complexity index is 584. The van der Waals surface area contributed by atoms with E-state index in [2.05, 4.69) is 0 Å². The molecule has 0 aliphatic carbocycles. The standard InChI is InChI=1S/C16H19NO5/c1-11(18)12-4-2-6-14(8-12)22-10-15(19)17-7-3-5-13(17)9-16(20)21/h2,4,6,8,13H,3,5,7,9-10H2,1H3,(H,20,21). The summed E-state index contributed by atoms with van der Waals surface area (Å²) in [6.45, 7) is 1.87. The second kappa shape index (κ2) is 7.06. The number of hydrogen-bond donors (Lipinski definition) is 1. The van der Waals surface area contributed by atoms with Gasteiger partial charge in [-0.05, 0) is 31.9 Å². The molecule has 22 heavy (non-hydrogen) atoms. The Kier molecular flexibility index (Phi) is 5.14. The normalized spacial score (nSPS) is 17.3. The second-order valence-electron chi connectivity index (χ2n) is 5.35. The van der Waals surface area contributed by atoms with Gasteiger partial charge in [-0.1, -0.05) is 12.1 Å². The van der Waals surface area contributed by atoms with Crippen molar-refractivity contribution in [2.24, 2.45) is 0 Å². The molecule has 1 unspecified atom stereocenters. The number of amides is 1. The number of nitrogens with zero attached hydrogens (tertiary/aromatic N) is 1. The Hall–Kier alpha value is -2.37. The van der Waals surface area contributed by atoms with Gasteiger partial charge in [-0.15, -0.1) is 0 Å². The average molecular weight is 305 g/mol. The van der Waals surface area contributed by atoms with Gasteiger partial charge in [0.05, 0.1) is 6.42 Å². The van der Waals surface area contributed by atoms with Gasteiger partial charge in [0.1, 0.15) is 5.75 Å². The molecule has 1 fully saturated rings. The van der Waals surface area contributed by atoms with E-state index < -0.39 is 5.97 Å². The third-order valence-corrected chi connectivity index (χ3v) is 3.71. The van der Waals surface area contributed by atoms with Gasteiger partial charge < -0.3 is 14.7 Å². The first-order chi connectivity index (χ1) is 10.5. The molecule has 0 aromatic heterocycles. The summed E-state index contributed by atoms with van der Waals surface area (Å²) >= 11 is 0. The maximum absolute atomic E-state index is 12.2. The van der Waals surface area contributed by atoms with Crippen molar-refractivity contribution in [1.29, 1.82) is 0 Å². The van der Waals surface area contributed by atoms with Crippen molar-refractivity contribution in [3.8, 4) is 5.75 Å². The van der Waals surface area contributed by atoms with E-state index >= 15 is 0 Å². The Morgan fingerprint density at radius 2 is 2.14 bits per heavy atom. The number of carboxylic acids is 1. The van der Waals surface area contributed by atoms with E-state index in [0.717, 1.165) is 6.42 Å². The maximum Gasteiger partial charge on any atom is 0.305 e. The maximum atomic E-state index is 12.2. The molecule has 6 nitrogen and oxygen atoms in total. The summed E-state index contributed by atoms with van der Waals surface area (Å²) in [6.07, 6.45) is 1.48. The largest absolute Gasteiger partial charge is 0.484 e. The first-order valence-electron chi connectivity index (χ1n) is 7.22. The van der Waals surface area contributed by atoms with Crippen molar-refractivity contribution in [3.05, 3.63) is 29.8 Å². The number of carbonyl (C=O) groups excluding carboxylic acids is 2. The number of carboxylic acid groups (broad SMARTS) is 1. The monoisotopic (exact) mass is 305 g/mol. The van der Waals surface area contributed by atoms with Crippen molar-refractivity contribution in [3.63, 3.8) is 0 Å². The van der Waals surface area contributed by atoms with E-state index in [0.29, 0.717) is 24.3 Å². The summed E-state index contributed by atoms with van der Waals surface area (Å²) in [6, 6.07) is 6.39. The third kappa shape index (κ3) is 4.07. The zero-order valence-corrected chi connectivity index (χ0v) is 12.4. The van der Waals surface area contributed by atoms with Crippen molar-refractivity contribution in [1.82, 2.24) is 4.90 Å². The number of rotatable bonds is 6. The molecular weight excluding hydrogens is 286 g/mol. The minimum atomic E-state index is -0.903. The van der Waals surface area contributed by atoms with Crippen molar-refractivity contribution < 1.29 is 24.2 Å². The Labute approximate surface area is 128 Å². The van der Waals surface area contributed by atoms with E-state index in [4.69, 9.17) is 9.84 Å². The van der Waals surface area contributed by atoms with Crippen LogP contribution in [-0.4, -0.2) is 46.9 Å². The molecule has 0 bridgehead atoms. The second-order valence-corrected chi connectivity index (χ2v) is 5.35. The summed E-state index contributed by atoms with van der Waals surface area (Å²) in [7, 11) is 0. The first kappa shape index (κ1) is 16.0. The van der Waals surface area contributed by atoms with Crippen molar-refractivity contribution in [2.75, 3.05) is 13.2 Å². The van der Waals surface area contributed by atoms with E-state index in [9.17, 15) is 14.4 Å². The number of hydrogen-bond acceptors (Lipinski definition) is 4. The van der Waals surface area contributed by atoms with Crippen molar-refractivity contribution >= 4 is 17.7 Å². The summed E-state index contributed by atoms with van der Waals surface area (Å²) in [5, 5.41) is 8.86. The Morgan fingerprint density at radius 3 is 2.82 bits per heavy atom. The first-order valence-corrected chi connectivity index (χ1v) is 7.22. The number of carbonyl (C=O) groups is 3. The van der Waals surface area contributed by atoms with E-state index in [1.54, 1.807) is 29.2 Å². The van der Waals surface area contributed by atoms with Crippen LogP contribution in [0.1, 0.15) is 36.5 Å². The minimum Gasteiger partial charge on any atom is -0.484 e. The summed E-state index contributed by atoms with van der Waals surface area (Å²) < 4.78 is 5.43.